The summed E-state index contributed by atoms with van der Waals surface area (Å²) < 4.78 is 33.0. The van der Waals surface area contributed by atoms with Gasteiger partial charge in [0.25, 0.3) is 0 Å². The monoisotopic (exact) mass is 1380 g/mol. The molecule has 5 aromatic carbocycles. The van der Waals surface area contributed by atoms with E-state index in [0.717, 1.165) is 131 Å². The summed E-state index contributed by atoms with van der Waals surface area (Å²) in [5.74, 6) is -2.34. The van der Waals surface area contributed by atoms with Gasteiger partial charge < -0.3 is 43.7 Å². The van der Waals surface area contributed by atoms with Gasteiger partial charge in [0.05, 0.1) is 11.1 Å². The fourth-order valence-electron chi connectivity index (χ4n) is 12.0. The van der Waals surface area contributed by atoms with Gasteiger partial charge in [-0.25, -0.2) is 28.8 Å². The number of phenolic OH excluding ortho intramolecular Hbond substituents is 3. The lowest BCUT2D eigenvalue weighted by Crippen LogP contribution is -2.44. The highest BCUT2D eigenvalue weighted by Gasteiger charge is 2.48. The first kappa shape index (κ1) is 84.2. The lowest BCUT2D eigenvalue weighted by atomic mass is 9.75. The van der Waals surface area contributed by atoms with Crippen molar-refractivity contribution in [3.05, 3.63) is 204 Å². The van der Waals surface area contributed by atoms with Crippen LogP contribution in [-0.2, 0) is 33.2 Å². The zero-order valence-corrected chi connectivity index (χ0v) is 62.4. The highest BCUT2D eigenvalue weighted by molar-refractivity contribution is 5.95. The molecule has 0 unspecified atom stereocenters. The van der Waals surface area contributed by atoms with Crippen molar-refractivity contribution in [2.75, 3.05) is 0 Å². The minimum Gasteiger partial charge on any atom is -0.507 e. The van der Waals surface area contributed by atoms with Crippen molar-refractivity contribution >= 4 is 66.2 Å². The molecule has 4 fully saturated rings. The third kappa shape index (κ3) is 26.3. The number of rotatable bonds is 17. The molecular weight excluding hydrogens is 1270 g/mol. The molecule has 15 heteroatoms. The number of phenols is 3. The average molecular weight is 1390 g/mol. The zero-order valence-electron chi connectivity index (χ0n) is 62.4. The first-order valence-corrected chi connectivity index (χ1v) is 35.2. The molecule has 15 nitrogen and oxygen atoms in total. The topological polar surface area (TPSA) is 218 Å². The fourth-order valence-corrected chi connectivity index (χ4v) is 12.0. The van der Waals surface area contributed by atoms with E-state index in [1.165, 1.54) is 31.0 Å². The number of carbonyl (C=O) groups excluding carboxylic acids is 6. The highest BCUT2D eigenvalue weighted by atomic mass is 16.6. The lowest BCUT2D eigenvalue weighted by Gasteiger charge is -2.41. The molecule has 4 saturated carbocycles. The van der Waals surface area contributed by atoms with Crippen LogP contribution in [-0.4, -0.2) is 84.7 Å². The summed E-state index contributed by atoms with van der Waals surface area (Å²) in [5.41, 5.74) is 4.26. The van der Waals surface area contributed by atoms with Crippen LogP contribution in [0, 0.1) is 5.41 Å². The van der Waals surface area contributed by atoms with Crippen molar-refractivity contribution in [3.63, 3.8) is 0 Å². The van der Waals surface area contributed by atoms with Gasteiger partial charge in [-0.15, -0.1) is 0 Å². The van der Waals surface area contributed by atoms with Crippen LogP contribution in [0.2, 0.25) is 0 Å². The first-order valence-electron chi connectivity index (χ1n) is 35.2. The average Bonchev–Trinajstić information content (AvgIpc) is 1.73. The quantitative estimate of drug-likeness (QED) is 0.0448. The van der Waals surface area contributed by atoms with Gasteiger partial charge in [0.1, 0.15) is 67.5 Å². The summed E-state index contributed by atoms with van der Waals surface area (Å²) in [6, 6.07) is 28.9. The molecule has 546 valence electrons. The van der Waals surface area contributed by atoms with Gasteiger partial charge in [0.15, 0.2) is 0 Å². The largest absolute Gasteiger partial charge is 0.507 e. The molecule has 0 amide bonds. The lowest BCUT2D eigenvalue weighted by molar-refractivity contribution is -0.152. The van der Waals surface area contributed by atoms with E-state index in [4.69, 9.17) is 28.4 Å². The third-order valence-electron chi connectivity index (χ3n) is 18.3. The molecule has 0 heterocycles. The molecule has 3 N–H and O–H groups in total. The summed E-state index contributed by atoms with van der Waals surface area (Å²) in [7, 11) is 0. The molecule has 0 aromatic heterocycles. The maximum atomic E-state index is 12.5. The number of hydrogen-bond acceptors (Lipinski definition) is 15. The van der Waals surface area contributed by atoms with Crippen molar-refractivity contribution in [1.82, 2.24) is 0 Å². The summed E-state index contributed by atoms with van der Waals surface area (Å²) in [5, 5.41) is 29.3. The van der Waals surface area contributed by atoms with E-state index in [9.17, 15) is 44.1 Å². The fraction of sp³-hybridized carbons (Fsp3) is 0.442. The Bertz CT molecular complexity index is 3650. The molecule has 4 aliphatic carbocycles. The van der Waals surface area contributed by atoms with Crippen LogP contribution in [0.4, 0.5) is 0 Å². The van der Waals surface area contributed by atoms with Crippen LogP contribution in [0.5, 0.6) is 17.2 Å². The SMILES string of the molecule is C=C(C)C(=O)OC1(C)CCCC1.C=Cc1ccc(C(=O)OC(C)(C)C)cc1.C=Cc1ccc(C(=O)OC2(CC)CCCC2)cc1.C=Cc1ccc(O)c(C(=O)OC(C)(C)C)c1.C=Cc1ccc(O)c(C(=O)OC2(C(C)(C)C)CCCC2)c1.C=Cc1ccc(O)c(C(=O)OC2(CC)CCCC2)c1. The minimum absolute atomic E-state index is 0.0418. The van der Waals surface area contributed by atoms with Crippen LogP contribution in [0.1, 0.15) is 285 Å². The Morgan fingerprint density at radius 3 is 1.03 bits per heavy atom. The molecule has 0 bridgehead atoms. The van der Waals surface area contributed by atoms with E-state index in [-0.39, 0.29) is 74.1 Å². The van der Waals surface area contributed by atoms with Gasteiger partial charge in [-0.3, -0.25) is 0 Å². The van der Waals surface area contributed by atoms with Crippen LogP contribution in [0.25, 0.3) is 30.4 Å². The van der Waals surface area contributed by atoms with Crippen molar-refractivity contribution in [1.29, 1.82) is 0 Å². The Hall–Kier alpha value is -9.24. The molecule has 101 heavy (non-hydrogen) atoms. The Morgan fingerprint density at radius 2 is 0.703 bits per heavy atom. The van der Waals surface area contributed by atoms with Crippen molar-refractivity contribution < 1.29 is 72.5 Å². The molecule has 0 radical (unpaired) electrons. The molecule has 0 saturated heterocycles. The molecule has 0 spiro atoms. The van der Waals surface area contributed by atoms with E-state index in [2.05, 4.69) is 67.2 Å². The first-order chi connectivity index (χ1) is 47.4. The predicted molar refractivity (Wildman–Crippen MR) is 406 cm³/mol. The number of benzene rings is 5. The number of hydrogen-bond donors (Lipinski definition) is 3. The third-order valence-corrected chi connectivity index (χ3v) is 18.3. The number of aromatic hydroxyl groups is 3. The van der Waals surface area contributed by atoms with Crippen LogP contribution >= 0.6 is 0 Å². The molecule has 9 rings (SSSR count). The number of esters is 6. The van der Waals surface area contributed by atoms with Crippen LogP contribution in [0.3, 0.4) is 0 Å². The maximum Gasteiger partial charge on any atom is 0.342 e. The standard InChI is InChI=1S/C18H24O3.C16H20O3.C16H20O2.C13H16O3.C13H16O2.C10H16O2/c1-5-13-8-9-15(19)14(12-13)16(20)21-18(17(2,3)4)10-6-7-11-18;1-3-12-7-8-14(17)13(11-12)15(18)19-16(4-2)9-5-6-10-16;1-3-13-7-9-14(10-8-13)15(17)18-16(4-2)11-5-6-12-16;1-5-9-6-7-11(14)10(8-9)12(15)16-13(2,3)4;1-5-10-6-8-11(9-7-10)12(14)15-13(2,3)4;1-8(2)9(11)12-10(3)6-4-5-7-10/h5,8-9,12,19H,1,6-7,10-11H2,2-4H3;3,7-8,11,17H,1,4-6,9-10H2,2H3;3,7-10H,1,4-6,11-12H2,2H3;5-8,14H,1H2,2-4H3;5-9H,1H2,2-4H3;1,4-7H2,2-3H3. The van der Waals surface area contributed by atoms with E-state index < -0.39 is 34.7 Å². The highest BCUT2D eigenvalue weighted by Crippen LogP contribution is 2.47. The maximum absolute atomic E-state index is 12.5. The van der Waals surface area contributed by atoms with Crippen LogP contribution in [0.15, 0.2) is 148 Å². The minimum atomic E-state index is -0.576. The molecule has 0 atom stereocenters. The van der Waals surface area contributed by atoms with E-state index in [1.807, 2.05) is 58.9 Å². The van der Waals surface area contributed by atoms with Crippen molar-refractivity contribution in [2.45, 2.75) is 239 Å². The molecule has 4 aliphatic rings. The summed E-state index contributed by atoms with van der Waals surface area (Å²) >= 11 is 0. The van der Waals surface area contributed by atoms with Gasteiger partial charge in [0.2, 0.25) is 0 Å². The summed E-state index contributed by atoms with van der Waals surface area (Å²) in [4.78, 5) is 71.4. The molecule has 5 aromatic rings. The predicted octanol–water partition coefficient (Wildman–Crippen LogP) is 21.4. The van der Waals surface area contributed by atoms with E-state index in [1.54, 1.807) is 119 Å². The Morgan fingerprint density at radius 1 is 0.406 bits per heavy atom. The van der Waals surface area contributed by atoms with Crippen molar-refractivity contribution in [3.8, 4) is 17.2 Å². The number of ether oxygens (including phenoxy) is 6. The Labute approximate surface area is 601 Å². The Kier molecular flexibility index (Phi) is 31.7. The number of carbonyl (C=O) groups is 6. The van der Waals surface area contributed by atoms with Gasteiger partial charge >= 0.3 is 35.8 Å². The second kappa shape index (κ2) is 38.0. The summed E-state index contributed by atoms with van der Waals surface area (Å²) in [6.07, 6.45) is 26.7. The van der Waals surface area contributed by atoms with Gasteiger partial charge in [-0.05, 0) is 259 Å². The Balaban J connectivity index is 0.000000259. The van der Waals surface area contributed by atoms with Crippen molar-refractivity contribution in [2.24, 2.45) is 5.41 Å². The van der Waals surface area contributed by atoms with Gasteiger partial charge in [-0.2, -0.15) is 0 Å². The van der Waals surface area contributed by atoms with E-state index in [0.29, 0.717) is 16.7 Å². The zero-order chi connectivity index (χ0) is 75.6. The van der Waals surface area contributed by atoms with E-state index >= 15 is 0 Å². The van der Waals surface area contributed by atoms with Gasteiger partial charge in [-0.1, -0.05) is 147 Å². The smallest absolute Gasteiger partial charge is 0.342 e. The van der Waals surface area contributed by atoms with Crippen LogP contribution < -0.4 is 0 Å². The second-order valence-electron chi connectivity index (χ2n) is 29.5. The summed E-state index contributed by atoms with van der Waals surface area (Å²) in [6.45, 7) is 46.9. The van der Waals surface area contributed by atoms with Gasteiger partial charge in [0, 0.05) is 11.0 Å². The molecular formula is C86H112O15. The molecule has 0 aliphatic heterocycles. The second-order valence-corrected chi connectivity index (χ2v) is 29.5. The normalized spacial score (nSPS) is 15.7.